The summed E-state index contributed by atoms with van der Waals surface area (Å²) in [6, 6.07) is 8.84. The van der Waals surface area contributed by atoms with Gasteiger partial charge in [0.2, 0.25) is 0 Å². The van der Waals surface area contributed by atoms with Gasteiger partial charge in [-0.1, -0.05) is 25.4 Å². The topological polar surface area (TPSA) is 12.0 Å². The predicted octanol–water partition coefficient (Wildman–Crippen LogP) is 4.45. The number of rotatable bonds is 3. The molecule has 18 heavy (non-hydrogen) atoms. The number of hydrogen-bond donors (Lipinski definition) is 1. The van der Waals surface area contributed by atoms with Gasteiger partial charge in [-0.05, 0) is 56.0 Å². The van der Waals surface area contributed by atoms with Gasteiger partial charge < -0.3 is 5.32 Å². The third-order valence-corrected chi connectivity index (χ3v) is 5.71. The van der Waals surface area contributed by atoms with Gasteiger partial charge in [-0.25, -0.2) is 0 Å². The molecule has 1 nitrogen and oxygen atoms in total. The molecule has 1 fully saturated rings. The normalized spacial score (nSPS) is 32.4. The van der Waals surface area contributed by atoms with Crippen LogP contribution in [-0.4, -0.2) is 18.3 Å². The summed E-state index contributed by atoms with van der Waals surface area (Å²) in [7, 11) is 2.09. The van der Waals surface area contributed by atoms with Crippen molar-refractivity contribution in [1.82, 2.24) is 5.32 Å². The van der Waals surface area contributed by atoms with Gasteiger partial charge in [0, 0.05) is 21.2 Å². The van der Waals surface area contributed by atoms with Crippen LogP contribution in [-0.2, 0) is 0 Å². The maximum Gasteiger partial charge on any atom is 0.0406 e. The standard InChI is InChI=1S/C15H22ClNS/c1-10-8-11(2)15(14(9-10)17-3)18-13-6-4-12(16)5-7-13/h4-7,10-11,14-15,17H,8-9H2,1-3H3. The fourth-order valence-electron chi connectivity index (χ4n) is 2.98. The highest BCUT2D eigenvalue weighted by Crippen LogP contribution is 2.39. The zero-order valence-corrected chi connectivity index (χ0v) is 12.9. The van der Waals surface area contributed by atoms with Crippen LogP contribution < -0.4 is 5.32 Å². The third kappa shape index (κ3) is 3.43. The van der Waals surface area contributed by atoms with Crippen molar-refractivity contribution in [1.29, 1.82) is 0 Å². The molecule has 1 aliphatic rings. The molecule has 1 aromatic rings. The van der Waals surface area contributed by atoms with E-state index in [9.17, 15) is 0 Å². The molecule has 1 saturated carbocycles. The van der Waals surface area contributed by atoms with E-state index in [4.69, 9.17) is 11.6 Å². The summed E-state index contributed by atoms with van der Waals surface area (Å²) in [5.74, 6) is 1.59. The van der Waals surface area contributed by atoms with Crippen LogP contribution >= 0.6 is 23.4 Å². The Hall–Kier alpha value is -0.180. The molecule has 100 valence electrons. The Bertz CT molecular complexity index is 379. The van der Waals surface area contributed by atoms with E-state index < -0.39 is 0 Å². The SMILES string of the molecule is CNC1CC(C)CC(C)C1Sc1ccc(Cl)cc1. The van der Waals surface area contributed by atoms with Crippen molar-refractivity contribution in [3.63, 3.8) is 0 Å². The van der Waals surface area contributed by atoms with Gasteiger partial charge in [0.1, 0.15) is 0 Å². The van der Waals surface area contributed by atoms with E-state index in [1.54, 1.807) is 0 Å². The smallest absolute Gasteiger partial charge is 0.0406 e. The Morgan fingerprint density at radius 3 is 2.44 bits per heavy atom. The number of hydrogen-bond acceptors (Lipinski definition) is 2. The largest absolute Gasteiger partial charge is 0.316 e. The molecule has 0 amide bonds. The van der Waals surface area contributed by atoms with Crippen LogP contribution in [0.25, 0.3) is 0 Å². The number of nitrogens with one attached hydrogen (secondary N) is 1. The second kappa shape index (κ2) is 6.31. The van der Waals surface area contributed by atoms with Crippen molar-refractivity contribution in [2.24, 2.45) is 11.8 Å². The second-order valence-corrected chi connectivity index (χ2v) is 7.17. The first-order valence-corrected chi connectivity index (χ1v) is 7.95. The molecular weight excluding hydrogens is 262 g/mol. The minimum absolute atomic E-state index is 0.615. The number of halogens is 1. The number of benzene rings is 1. The van der Waals surface area contributed by atoms with Crippen molar-refractivity contribution in [2.75, 3.05) is 7.05 Å². The van der Waals surface area contributed by atoms with Crippen LogP contribution in [0, 0.1) is 11.8 Å². The van der Waals surface area contributed by atoms with Crippen molar-refractivity contribution in [3.05, 3.63) is 29.3 Å². The minimum atomic E-state index is 0.615. The summed E-state index contributed by atoms with van der Waals surface area (Å²) < 4.78 is 0. The lowest BCUT2D eigenvalue weighted by atomic mass is 9.80. The first kappa shape index (κ1) is 14.2. The van der Waals surface area contributed by atoms with Crippen LogP contribution in [0.5, 0.6) is 0 Å². The Kier molecular flexibility index (Phi) is 4.99. The van der Waals surface area contributed by atoms with Gasteiger partial charge in [-0.15, -0.1) is 11.8 Å². The van der Waals surface area contributed by atoms with Crippen molar-refractivity contribution < 1.29 is 0 Å². The second-order valence-electron chi connectivity index (χ2n) is 5.49. The van der Waals surface area contributed by atoms with E-state index in [1.807, 2.05) is 23.9 Å². The Labute approximate surface area is 120 Å². The highest BCUT2D eigenvalue weighted by atomic mass is 35.5. The van der Waals surface area contributed by atoms with Crippen molar-refractivity contribution >= 4 is 23.4 Å². The van der Waals surface area contributed by atoms with Gasteiger partial charge in [-0.3, -0.25) is 0 Å². The highest BCUT2D eigenvalue weighted by molar-refractivity contribution is 8.00. The van der Waals surface area contributed by atoms with Crippen molar-refractivity contribution in [2.45, 2.75) is 42.9 Å². The Morgan fingerprint density at radius 1 is 1.17 bits per heavy atom. The van der Waals surface area contributed by atoms with Gasteiger partial charge in [-0.2, -0.15) is 0 Å². The summed E-state index contributed by atoms with van der Waals surface area (Å²) in [5.41, 5.74) is 0. The van der Waals surface area contributed by atoms with E-state index in [0.29, 0.717) is 11.3 Å². The third-order valence-electron chi connectivity index (χ3n) is 3.84. The van der Waals surface area contributed by atoms with Crippen LogP contribution in [0.15, 0.2) is 29.2 Å². The fourth-order valence-corrected chi connectivity index (χ4v) is 4.47. The molecule has 4 unspecified atom stereocenters. The monoisotopic (exact) mass is 283 g/mol. The average molecular weight is 284 g/mol. The first-order chi connectivity index (χ1) is 8.60. The van der Waals surface area contributed by atoms with E-state index in [1.165, 1.54) is 17.7 Å². The molecule has 0 heterocycles. The molecule has 0 saturated heterocycles. The lowest BCUT2D eigenvalue weighted by molar-refractivity contribution is 0.257. The maximum atomic E-state index is 5.94. The summed E-state index contributed by atoms with van der Waals surface area (Å²) in [5, 5.41) is 4.97. The van der Waals surface area contributed by atoms with Crippen LogP contribution in [0.1, 0.15) is 26.7 Å². The molecule has 3 heteroatoms. The highest BCUT2D eigenvalue weighted by Gasteiger charge is 2.33. The number of thioether (sulfide) groups is 1. The summed E-state index contributed by atoms with van der Waals surface area (Å²) in [6.07, 6.45) is 2.62. The molecule has 0 radical (unpaired) electrons. The molecule has 0 aliphatic heterocycles. The zero-order chi connectivity index (χ0) is 13.1. The van der Waals surface area contributed by atoms with Gasteiger partial charge in [0.05, 0.1) is 0 Å². The quantitative estimate of drug-likeness (QED) is 0.879. The molecule has 0 bridgehead atoms. The van der Waals surface area contributed by atoms with E-state index in [-0.39, 0.29) is 0 Å². The lowest BCUT2D eigenvalue weighted by Gasteiger charge is -2.39. The zero-order valence-electron chi connectivity index (χ0n) is 11.3. The summed E-state index contributed by atoms with van der Waals surface area (Å²) in [6.45, 7) is 4.75. The van der Waals surface area contributed by atoms with Crippen molar-refractivity contribution in [3.8, 4) is 0 Å². The first-order valence-electron chi connectivity index (χ1n) is 6.69. The van der Waals surface area contributed by atoms with E-state index >= 15 is 0 Å². The predicted molar refractivity (Wildman–Crippen MR) is 81.5 cm³/mol. The van der Waals surface area contributed by atoms with Gasteiger partial charge in [0.25, 0.3) is 0 Å². The van der Waals surface area contributed by atoms with Crippen LogP contribution in [0.4, 0.5) is 0 Å². The van der Waals surface area contributed by atoms with E-state index in [2.05, 4.69) is 38.3 Å². The molecule has 1 aromatic carbocycles. The Balaban J connectivity index is 2.08. The molecular formula is C15H22ClNS. The minimum Gasteiger partial charge on any atom is -0.316 e. The van der Waals surface area contributed by atoms with E-state index in [0.717, 1.165) is 16.9 Å². The van der Waals surface area contributed by atoms with Gasteiger partial charge in [0.15, 0.2) is 0 Å². The molecule has 0 spiro atoms. The maximum absolute atomic E-state index is 5.94. The molecule has 4 atom stereocenters. The summed E-state index contributed by atoms with van der Waals surface area (Å²) in [4.78, 5) is 1.33. The van der Waals surface area contributed by atoms with Gasteiger partial charge >= 0.3 is 0 Å². The average Bonchev–Trinajstić information content (AvgIpc) is 2.34. The molecule has 1 aliphatic carbocycles. The Morgan fingerprint density at radius 2 is 1.83 bits per heavy atom. The fraction of sp³-hybridized carbons (Fsp3) is 0.600. The molecule has 1 N–H and O–H groups in total. The lowest BCUT2D eigenvalue weighted by Crippen LogP contribution is -2.44. The molecule has 2 rings (SSSR count). The van der Waals surface area contributed by atoms with Crippen LogP contribution in [0.3, 0.4) is 0 Å². The summed E-state index contributed by atoms with van der Waals surface area (Å²) >= 11 is 7.93. The molecule has 0 aromatic heterocycles. The van der Waals surface area contributed by atoms with Crippen LogP contribution in [0.2, 0.25) is 5.02 Å².